The highest BCUT2D eigenvalue weighted by molar-refractivity contribution is 7.85. The zero-order valence-electron chi connectivity index (χ0n) is 10.4. The van der Waals surface area contributed by atoms with Gasteiger partial charge in [0.1, 0.15) is 0 Å². The van der Waals surface area contributed by atoms with Gasteiger partial charge in [-0.05, 0) is 23.6 Å². The molecule has 1 aromatic rings. The molecule has 1 aromatic carbocycles. The second kappa shape index (κ2) is 6.55. The molecule has 0 N–H and O–H groups in total. The van der Waals surface area contributed by atoms with Crippen molar-refractivity contribution in [2.45, 2.75) is 31.1 Å². The Kier molecular flexibility index (Phi) is 5.35. The summed E-state index contributed by atoms with van der Waals surface area (Å²) in [7, 11) is 0.208. The first-order valence-electron chi connectivity index (χ1n) is 5.59. The SMILES string of the molecule is COC(=O)CCS(=O)c1ccc(C(C)C)cc1. The smallest absolute Gasteiger partial charge is 0.306 e. The van der Waals surface area contributed by atoms with E-state index in [-0.39, 0.29) is 12.4 Å². The molecule has 0 aromatic heterocycles. The first-order chi connectivity index (χ1) is 8.04. The summed E-state index contributed by atoms with van der Waals surface area (Å²) in [5.41, 5.74) is 1.22. The lowest BCUT2D eigenvalue weighted by Gasteiger charge is -2.06. The molecule has 0 aliphatic carbocycles. The predicted molar refractivity (Wildman–Crippen MR) is 68.4 cm³/mol. The fourth-order valence-electron chi connectivity index (χ4n) is 1.40. The van der Waals surface area contributed by atoms with E-state index < -0.39 is 10.8 Å². The van der Waals surface area contributed by atoms with Crippen LogP contribution in [0.25, 0.3) is 0 Å². The summed E-state index contributed by atoms with van der Waals surface area (Å²) in [6.45, 7) is 4.23. The van der Waals surface area contributed by atoms with Gasteiger partial charge >= 0.3 is 5.97 Å². The van der Waals surface area contributed by atoms with Crippen LogP contribution in [0.1, 0.15) is 31.7 Å². The number of benzene rings is 1. The molecule has 0 aliphatic rings. The third-order valence-corrected chi connectivity index (χ3v) is 3.90. The molecular formula is C13H18O3S. The van der Waals surface area contributed by atoms with Crippen LogP contribution in [0.15, 0.2) is 29.2 Å². The lowest BCUT2D eigenvalue weighted by Crippen LogP contribution is -2.07. The van der Waals surface area contributed by atoms with E-state index in [9.17, 15) is 9.00 Å². The topological polar surface area (TPSA) is 43.4 Å². The van der Waals surface area contributed by atoms with Gasteiger partial charge in [0.2, 0.25) is 0 Å². The Morgan fingerprint density at radius 1 is 1.29 bits per heavy atom. The highest BCUT2D eigenvalue weighted by Crippen LogP contribution is 2.16. The third kappa shape index (κ3) is 4.30. The number of hydrogen-bond acceptors (Lipinski definition) is 3. The molecule has 0 saturated heterocycles. The average molecular weight is 254 g/mol. The Labute approximate surface area is 105 Å². The highest BCUT2D eigenvalue weighted by atomic mass is 32.2. The quantitative estimate of drug-likeness (QED) is 0.758. The van der Waals surface area contributed by atoms with Crippen molar-refractivity contribution < 1.29 is 13.7 Å². The zero-order valence-corrected chi connectivity index (χ0v) is 11.3. The molecule has 0 radical (unpaired) electrons. The molecule has 1 unspecified atom stereocenters. The first-order valence-corrected chi connectivity index (χ1v) is 6.91. The average Bonchev–Trinajstić information content (AvgIpc) is 2.35. The standard InChI is InChI=1S/C13H18O3S/c1-10(2)11-4-6-12(7-5-11)17(15)9-8-13(14)16-3/h4-7,10H,8-9H2,1-3H3. The second-order valence-corrected chi connectivity index (χ2v) is 5.67. The molecule has 1 rings (SSSR count). The number of carbonyl (C=O) groups excluding carboxylic acids is 1. The molecule has 4 heteroatoms. The molecule has 0 fully saturated rings. The Balaban J connectivity index is 2.61. The van der Waals surface area contributed by atoms with Crippen molar-refractivity contribution >= 4 is 16.8 Å². The Morgan fingerprint density at radius 3 is 2.35 bits per heavy atom. The zero-order chi connectivity index (χ0) is 12.8. The van der Waals surface area contributed by atoms with Crippen LogP contribution in [0.4, 0.5) is 0 Å². The van der Waals surface area contributed by atoms with Gasteiger partial charge in [0.05, 0.1) is 24.3 Å². The van der Waals surface area contributed by atoms with Crippen LogP contribution in [-0.4, -0.2) is 23.0 Å². The van der Waals surface area contributed by atoms with Gasteiger partial charge in [0.25, 0.3) is 0 Å². The van der Waals surface area contributed by atoms with Gasteiger partial charge < -0.3 is 4.74 Å². The molecule has 0 amide bonds. The lowest BCUT2D eigenvalue weighted by atomic mass is 10.0. The lowest BCUT2D eigenvalue weighted by molar-refractivity contribution is -0.140. The number of rotatable bonds is 5. The maximum absolute atomic E-state index is 11.8. The van der Waals surface area contributed by atoms with Crippen LogP contribution < -0.4 is 0 Å². The van der Waals surface area contributed by atoms with Crippen molar-refractivity contribution in [3.05, 3.63) is 29.8 Å². The van der Waals surface area contributed by atoms with Crippen molar-refractivity contribution in [1.29, 1.82) is 0 Å². The van der Waals surface area contributed by atoms with Gasteiger partial charge in [0.15, 0.2) is 0 Å². The van der Waals surface area contributed by atoms with Gasteiger partial charge in [-0.3, -0.25) is 9.00 Å². The Morgan fingerprint density at radius 2 is 1.88 bits per heavy atom. The molecule has 0 bridgehead atoms. The summed E-state index contributed by atoms with van der Waals surface area (Å²) >= 11 is 0. The van der Waals surface area contributed by atoms with Gasteiger partial charge in [-0.2, -0.15) is 0 Å². The van der Waals surface area contributed by atoms with Crippen molar-refractivity contribution in [3.63, 3.8) is 0 Å². The van der Waals surface area contributed by atoms with E-state index in [4.69, 9.17) is 0 Å². The molecule has 1 atom stereocenters. The molecule has 3 nitrogen and oxygen atoms in total. The number of ether oxygens (including phenoxy) is 1. The molecular weight excluding hydrogens is 236 g/mol. The summed E-state index contributed by atoms with van der Waals surface area (Å²) in [4.78, 5) is 11.7. The van der Waals surface area contributed by atoms with Crippen molar-refractivity contribution in [2.24, 2.45) is 0 Å². The van der Waals surface area contributed by atoms with E-state index in [1.807, 2.05) is 24.3 Å². The van der Waals surface area contributed by atoms with E-state index in [1.54, 1.807) is 0 Å². The van der Waals surface area contributed by atoms with E-state index in [0.29, 0.717) is 11.7 Å². The minimum Gasteiger partial charge on any atom is -0.469 e. The van der Waals surface area contributed by atoms with Crippen LogP contribution >= 0.6 is 0 Å². The summed E-state index contributed by atoms with van der Waals surface area (Å²) in [6, 6.07) is 7.69. The summed E-state index contributed by atoms with van der Waals surface area (Å²) in [6.07, 6.45) is 0.190. The van der Waals surface area contributed by atoms with Crippen molar-refractivity contribution in [2.75, 3.05) is 12.9 Å². The van der Waals surface area contributed by atoms with Crippen LogP contribution in [0, 0.1) is 0 Å². The molecule has 0 saturated carbocycles. The first kappa shape index (κ1) is 13.9. The van der Waals surface area contributed by atoms with Gasteiger partial charge in [0, 0.05) is 10.6 Å². The number of esters is 1. The fourth-order valence-corrected chi connectivity index (χ4v) is 2.43. The maximum Gasteiger partial charge on any atom is 0.306 e. The maximum atomic E-state index is 11.8. The summed E-state index contributed by atoms with van der Waals surface area (Å²) in [5.74, 6) is 0.456. The number of carbonyl (C=O) groups is 1. The second-order valence-electron chi connectivity index (χ2n) is 4.10. The predicted octanol–water partition coefficient (Wildman–Crippen LogP) is 2.48. The van der Waals surface area contributed by atoms with Crippen LogP contribution in [0.5, 0.6) is 0 Å². The molecule has 0 heterocycles. The summed E-state index contributed by atoms with van der Waals surface area (Å²) < 4.78 is 16.4. The number of hydrogen-bond donors (Lipinski definition) is 0. The van der Waals surface area contributed by atoms with Crippen molar-refractivity contribution in [1.82, 2.24) is 0 Å². The largest absolute Gasteiger partial charge is 0.469 e. The summed E-state index contributed by atoms with van der Waals surface area (Å²) in [5, 5.41) is 0. The third-order valence-electron chi connectivity index (χ3n) is 2.53. The van der Waals surface area contributed by atoms with E-state index >= 15 is 0 Å². The van der Waals surface area contributed by atoms with Gasteiger partial charge in [-0.1, -0.05) is 26.0 Å². The number of methoxy groups -OCH3 is 1. The molecule has 94 valence electrons. The van der Waals surface area contributed by atoms with E-state index in [1.165, 1.54) is 12.7 Å². The van der Waals surface area contributed by atoms with Crippen molar-refractivity contribution in [3.8, 4) is 0 Å². The molecule has 0 aliphatic heterocycles. The highest BCUT2D eigenvalue weighted by Gasteiger charge is 2.08. The van der Waals surface area contributed by atoms with Crippen LogP contribution in [0.2, 0.25) is 0 Å². The molecule has 0 spiro atoms. The minimum absolute atomic E-state index is 0.190. The minimum atomic E-state index is -1.13. The van der Waals surface area contributed by atoms with Crippen LogP contribution in [-0.2, 0) is 20.3 Å². The fraction of sp³-hybridized carbons (Fsp3) is 0.462. The van der Waals surface area contributed by atoms with E-state index in [0.717, 1.165) is 4.90 Å². The monoisotopic (exact) mass is 254 g/mol. The Hall–Kier alpha value is -1.16. The Bertz CT molecular complexity index is 396. The normalized spacial score (nSPS) is 12.5. The van der Waals surface area contributed by atoms with E-state index in [2.05, 4.69) is 18.6 Å². The van der Waals surface area contributed by atoms with Gasteiger partial charge in [-0.25, -0.2) is 0 Å². The molecule has 17 heavy (non-hydrogen) atoms. The van der Waals surface area contributed by atoms with Crippen LogP contribution in [0.3, 0.4) is 0 Å². The van der Waals surface area contributed by atoms with Gasteiger partial charge in [-0.15, -0.1) is 0 Å².